The summed E-state index contributed by atoms with van der Waals surface area (Å²) in [4.78, 5) is 0.912. The number of para-hydroxylation sites is 1. The van der Waals surface area contributed by atoms with Crippen LogP contribution < -0.4 is 4.80 Å². The van der Waals surface area contributed by atoms with E-state index in [1.54, 1.807) is 16.9 Å². The predicted octanol–water partition coefficient (Wildman–Crippen LogP) is 8.42. The van der Waals surface area contributed by atoms with E-state index < -0.39 is 0 Å². The fourth-order valence-electron chi connectivity index (χ4n) is 9.54. The molecule has 0 spiro atoms. The van der Waals surface area contributed by atoms with Crippen LogP contribution in [0, 0.1) is 34.5 Å². The van der Waals surface area contributed by atoms with E-state index in [0.717, 1.165) is 53.2 Å². The van der Waals surface area contributed by atoms with Gasteiger partial charge in [0, 0.05) is 22.7 Å². The lowest BCUT2D eigenvalue weighted by Gasteiger charge is -2.58. The average Bonchev–Trinajstić information content (AvgIpc) is 3.58. The molecule has 0 radical (unpaired) electrons. The molecule has 41 heavy (non-hydrogen) atoms. The van der Waals surface area contributed by atoms with Crippen molar-refractivity contribution in [2.75, 3.05) is 0 Å². The zero-order chi connectivity index (χ0) is 28.2. The number of fused-ring (bicyclic) bond motifs is 5. The molecule has 3 aromatic rings. The molecule has 0 bridgehead atoms. The third kappa shape index (κ3) is 4.51. The molecule has 7 atom stereocenters. The van der Waals surface area contributed by atoms with Gasteiger partial charge in [-0.2, -0.15) is 5.10 Å². The van der Waals surface area contributed by atoms with Gasteiger partial charge in [0.1, 0.15) is 0 Å². The van der Waals surface area contributed by atoms with Crippen molar-refractivity contribution < 1.29 is 5.11 Å². The van der Waals surface area contributed by atoms with Gasteiger partial charge in [-0.15, -0.1) is 16.4 Å². The normalized spacial score (nSPS) is 35.4. The van der Waals surface area contributed by atoms with Crippen molar-refractivity contribution in [3.05, 3.63) is 82.5 Å². The van der Waals surface area contributed by atoms with E-state index in [0.29, 0.717) is 16.7 Å². The van der Waals surface area contributed by atoms with Crippen molar-refractivity contribution in [2.45, 2.75) is 78.2 Å². The summed E-state index contributed by atoms with van der Waals surface area (Å²) in [6, 6.07) is 21.1. The molecule has 4 aliphatic carbocycles. The highest BCUT2D eigenvalue weighted by Gasteiger charge is 2.59. The third-order valence-corrected chi connectivity index (χ3v) is 12.5. The van der Waals surface area contributed by atoms with Crippen LogP contribution in [-0.4, -0.2) is 21.5 Å². The molecule has 0 saturated heterocycles. The molecular formula is C36H43N3OS. The van der Waals surface area contributed by atoms with Crippen LogP contribution in [0.3, 0.4) is 0 Å². The molecule has 0 amide bonds. The molecule has 3 fully saturated rings. The Bertz CT molecular complexity index is 1540. The van der Waals surface area contributed by atoms with Crippen molar-refractivity contribution in [1.29, 1.82) is 0 Å². The maximum Gasteiger partial charge on any atom is 0.215 e. The van der Waals surface area contributed by atoms with Crippen LogP contribution >= 0.6 is 11.3 Å². The summed E-state index contributed by atoms with van der Waals surface area (Å²) in [5.74, 6) is 2.76. The summed E-state index contributed by atoms with van der Waals surface area (Å²) in [5.41, 5.74) is 6.78. The summed E-state index contributed by atoms with van der Waals surface area (Å²) in [6.45, 7) is 7.32. The predicted molar refractivity (Wildman–Crippen MR) is 169 cm³/mol. The van der Waals surface area contributed by atoms with E-state index in [2.05, 4.69) is 97.5 Å². The van der Waals surface area contributed by atoms with Gasteiger partial charge in [0.15, 0.2) is 0 Å². The Morgan fingerprint density at radius 3 is 2.46 bits per heavy atom. The number of allylic oxidation sites excluding steroid dienone is 1. The van der Waals surface area contributed by atoms with Gasteiger partial charge in [-0.1, -0.05) is 74.0 Å². The van der Waals surface area contributed by atoms with E-state index >= 15 is 0 Å². The SMILES string of the molecule is C/C(=N\N=c1\scc(-c2ccccc2)n1-c1ccccc1)[C@H]1CC[C@H]2[C@@H]3CC=C4C[C@@H](O)CC[C@]4(C)[C@H]3CC[C@]12C. The molecule has 0 unspecified atom stereocenters. The Labute approximate surface area is 248 Å². The van der Waals surface area contributed by atoms with Gasteiger partial charge >= 0.3 is 0 Å². The molecule has 4 aliphatic rings. The molecule has 214 valence electrons. The molecule has 1 N–H and O–H groups in total. The first-order chi connectivity index (χ1) is 19.9. The van der Waals surface area contributed by atoms with Gasteiger partial charge in [0.2, 0.25) is 4.80 Å². The van der Waals surface area contributed by atoms with Gasteiger partial charge in [0.25, 0.3) is 0 Å². The first-order valence-electron chi connectivity index (χ1n) is 15.7. The Morgan fingerprint density at radius 1 is 0.927 bits per heavy atom. The fourth-order valence-corrected chi connectivity index (χ4v) is 10.4. The number of nitrogens with zero attached hydrogens (tertiary/aromatic N) is 3. The smallest absolute Gasteiger partial charge is 0.215 e. The van der Waals surface area contributed by atoms with Crippen LogP contribution in [0.1, 0.15) is 72.1 Å². The number of hydrogen-bond acceptors (Lipinski definition) is 4. The van der Waals surface area contributed by atoms with Crippen LogP contribution in [0.15, 0.2) is 87.9 Å². The molecule has 3 saturated carbocycles. The minimum Gasteiger partial charge on any atom is -0.393 e. The van der Waals surface area contributed by atoms with Crippen LogP contribution in [0.2, 0.25) is 0 Å². The summed E-state index contributed by atoms with van der Waals surface area (Å²) >= 11 is 1.66. The standard InChI is InChI=1S/C36H43N3OS/c1-24(37-38-34-39(27-12-8-5-9-13-27)33(23-41-34)25-10-6-4-7-11-25)30-16-17-31-29-15-14-26-22-28(40)18-20-35(26,2)32(29)19-21-36(30,31)3/h4-14,23,28-32,40H,15-22H2,1-3H3/b37-24+,38-34+/t28-,29-,30+,31-,32-,35-,36+/m0/s1. The quantitative estimate of drug-likeness (QED) is 0.193. The largest absolute Gasteiger partial charge is 0.393 e. The minimum absolute atomic E-state index is 0.133. The lowest BCUT2D eigenvalue weighted by Crippen LogP contribution is -2.50. The molecule has 1 aromatic heterocycles. The molecule has 1 heterocycles. The van der Waals surface area contributed by atoms with Gasteiger partial charge < -0.3 is 5.11 Å². The molecule has 2 aromatic carbocycles. The molecule has 7 rings (SSSR count). The highest BCUT2D eigenvalue weighted by molar-refractivity contribution is 7.07. The molecule has 4 nitrogen and oxygen atoms in total. The summed E-state index contributed by atoms with van der Waals surface area (Å²) in [5, 5.41) is 22.5. The number of aliphatic hydroxyl groups excluding tert-OH is 1. The number of benzene rings is 2. The van der Waals surface area contributed by atoms with Gasteiger partial charge in [-0.3, -0.25) is 4.57 Å². The maximum atomic E-state index is 10.4. The Kier molecular flexibility index (Phi) is 6.94. The zero-order valence-corrected chi connectivity index (χ0v) is 25.5. The zero-order valence-electron chi connectivity index (χ0n) is 24.7. The van der Waals surface area contributed by atoms with Crippen molar-refractivity contribution >= 4 is 17.0 Å². The topological polar surface area (TPSA) is 49.9 Å². The van der Waals surface area contributed by atoms with Crippen molar-refractivity contribution in [1.82, 2.24) is 4.57 Å². The fraction of sp³-hybridized carbons (Fsp3) is 0.500. The van der Waals surface area contributed by atoms with Crippen molar-refractivity contribution in [2.24, 2.45) is 44.7 Å². The lowest BCUT2D eigenvalue weighted by molar-refractivity contribution is -0.0423. The van der Waals surface area contributed by atoms with E-state index in [1.165, 1.54) is 43.4 Å². The Balaban J connectivity index is 1.20. The Morgan fingerprint density at radius 2 is 1.68 bits per heavy atom. The monoisotopic (exact) mass is 565 g/mol. The minimum atomic E-state index is -0.133. The second kappa shape index (κ2) is 10.5. The summed E-state index contributed by atoms with van der Waals surface area (Å²) in [6.07, 6.45) is 11.7. The number of rotatable bonds is 4. The second-order valence-corrected chi connectivity index (χ2v) is 14.4. The second-order valence-electron chi connectivity index (χ2n) is 13.6. The highest BCUT2D eigenvalue weighted by atomic mass is 32.1. The van der Waals surface area contributed by atoms with Crippen LogP contribution in [0.25, 0.3) is 16.9 Å². The highest BCUT2D eigenvalue weighted by Crippen LogP contribution is 2.66. The Hall–Kier alpha value is -2.76. The van der Waals surface area contributed by atoms with Crippen LogP contribution in [-0.2, 0) is 0 Å². The van der Waals surface area contributed by atoms with Crippen molar-refractivity contribution in [3.63, 3.8) is 0 Å². The van der Waals surface area contributed by atoms with Gasteiger partial charge in [-0.25, -0.2) is 0 Å². The first-order valence-corrected chi connectivity index (χ1v) is 16.5. The van der Waals surface area contributed by atoms with E-state index in [9.17, 15) is 5.11 Å². The molecule has 5 heteroatoms. The number of hydrogen-bond donors (Lipinski definition) is 1. The summed E-state index contributed by atoms with van der Waals surface area (Å²) < 4.78 is 2.24. The number of aromatic nitrogens is 1. The van der Waals surface area contributed by atoms with Gasteiger partial charge in [0.05, 0.1) is 11.8 Å². The van der Waals surface area contributed by atoms with Gasteiger partial charge in [-0.05, 0) is 105 Å². The van der Waals surface area contributed by atoms with Crippen LogP contribution in [0.4, 0.5) is 0 Å². The first kappa shape index (κ1) is 27.1. The lowest BCUT2D eigenvalue weighted by atomic mass is 9.47. The van der Waals surface area contributed by atoms with E-state index in [4.69, 9.17) is 10.2 Å². The number of thiazole rings is 1. The van der Waals surface area contributed by atoms with Crippen molar-refractivity contribution in [3.8, 4) is 16.9 Å². The van der Waals surface area contributed by atoms with E-state index in [1.807, 2.05) is 0 Å². The van der Waals surface area contributed by atoms with E-state index in [-0.39, 0.29) is 6.10 Å². The number of aliphatic hydroxyl groups is 1. The maximum absolute atomic E-state index is 10.4. The average molecular weight is 566 g/mol. The molecular weight excluding hydrogens is 522 g/mol. The summed E-state index contributed by atoms with van der Waals surface area (Å²) in [7, 11) is 0. The third-order valence-electron chi connectivity index (χ3n) is 11.7. The molecule has 0 aliphatic heterocycles. The van der Waals surface area contributed by atoms with Crippen LogP contribution in [0.5, 0.6) is 0 Å².